The Morgan fingerprint density at radius 3 is 2.42 bits per heavy atom. The molecule has 0 aliphatic heterocycles. The maximum Gasteiger partial charge on any atom is 0.220 e. The van der Waals surface area contributed by atoms with Crippen molar-refractivity contribution in [1.82, 2.24) is 5.32 Å². The summed E-state index contributed by atoms with van der Waals surface area (Å²) >= 11 is 0. The molecule has 0 radical (unpaired) electrons. The Hall–Kier alpha value is -2.04. The highest BCUT2D eigenvalue weighted by molar-refractivity contribution is 5.85. The van der Waals surface area contributed by atoms with Crippen LogP contribution in [-0.2, 0) is 11.2 Å². The number of rotatable bonds is 7. The third-order valence-corrected chi connectivity index (χ3v) is 3.85. The van der Waals surface area contributed by atoms with Gasteiger partial charge in [0.05, 0.1) is 6.10 Å². The van der Waals surface area contributed by atoms with Crippen molar-refractivity contribution in [1.29, 1.82) is 0 Å². The molecule has 0 bridgehead atoms. The Labute approximate surface area is 149 Å². The number of nitrogen functional groups attached to an aromatic ring is 1. The van der Waals surface area contributed by atoms with Crippen LogP contribution in [0.25, 0.3) is 0 Å². The predicted octanol–water partition coefficient (Wildman–Crippen LogP) is 3.25. The molecule has 0 spiro atoms. The first-order chi connectivity index (χ1) is 11.1. The minimum absolute atomic E-state index is 0. The van der Waals surface area contributed by atoms with Gasteiger partial charge in [0.1, 0.15) is 0 Å². The van der Waals surface area contributed by atoms with Crippen LogP contribution in [0.15, 0.2) is 54.6 Å². The Kier molecular flexibility index (Phi) is 8.30. The minimum Gasteiger partial charge on any atom is -0.399 e. The number of aliphatic hydroxyl groups is 1. The van der Waals surface area contributed by atoms with Crippen LogP contribution in [0.5, 0.6) is 0 Å². The smallest absolute Gasteiger partial charge is 0.220 e. The Balaban J connectivity index is 0.00000288. The van der Waals surface area contributed by atoms with E-state index >= 15 is 0 Å². The first-order valence-corrected chi connectivity index (χ1v) is 7.92. The average molecular weight is 349 g/mol. The third-order valence-electron chi connectivity index (χ3n) is 3.85. The topological polar surface area (TPSA) is 75.3 Å². The van der Waals surface area contributed by atoms with Crippen molar-refractivity contribution in [3.8, 4) is 0 Å². The van der Waals surface area contributed by atoms with Gasteiger partial charge in [0, 0.05) is 18.2 Å². The number of hydrogen-bond donors (Lipinski definition) is 3. The number of aryl methyl sites for hydroxylation is 1. The number of aliphatic hydroxyl groups excluding tert-OH is 1. The number of carbonyl (C=O) groups is 1. The third kappa shape index (κ3) is 6.22. The van der Waals surface area contributed by atoms with Crippen molar-refractivity contribution >= 4 is 24.0 Å². The van der Waals surface area contributed by atoms with Gasteiger partial charge >= 0.3 is 0 Å². The van der Waals surface area contributed by atoms with Gasteiger partial charge in [-0.05, 0) is 37.0 Å². The summed E-state index contributed by atoms with van der Waals surface area (Å²) in [7, 11) is 0. The normalized spacial score (nSPS) is 12.8. The van der Waals surface area contributed by atoms with E-state index in [2.05, 4.69) is 5.32 Å². The highest BCUT2D eigenvalue weighted by Crippen LogP contribution is 2.18. The Morgan fingerprint density at radius 2 is 1.75 bits per heavy atom. The molecule has 2 aromatic rings. The van der Waals surface area contributed by atoms with E-state index in [0.29, 0.717) is 24.9 Å². The number of nitrogens with one attached hydrogen (secondary N) is 1. The molecule has 2 rings (SSSR count). The molecule has 4 N–H and O–H groups in total. The van der Waals surface area contributed by atoms with Gasteiger partial charge in [0.25, 0.3) is 0 Å². The molecule has 5 heteroatoms. The lowest BCUT2D eigenvalue weighted by molar-refractivity contribution is -0.121. The number of benzene rings is 2. The number of carbonyl (C=O) groups excluding carboxylic acids is 1. The van der Waals surface area contributed by atoms with Crippen molar-refractivity contribution < 1.29 is 9.90 Å². The van der Waals surface area contributed by atoms with Crippen LogP contribution in [0.3, 0.4) is 0 Å². The van der Waals surface area contributed by atoms with E-state index in [4.69, 9.17) is 5.73 Å². The number of nitrogens with two attached hydrogens (primary N) is 1. The van der Waals surface area contributed by atoms with Gasteiger partial charge in [0.15, 0.2) is 0 Å². The van der Waals surface area contributed by atoms with E-state index in [0.717, 1.165) is 11.1 Å². The summed E-state index contributed by atoms with van der Waals surface area (Å²) in [6.07, 6.45) is 0.923. The highest BCUT2D eigenvalue weighted by atomic mass is 35.5. The first-order valence-electron chi connectivity index (χ1n) is 7.92. The molecule has 0 fully saturated rings. The van der Waals surface area contributed by atoms with Gasteiger partial charge in [-0.3, -0.25) is 4.79 Å². The molecule has 4 nitrogen and oxygen atoms in total. The summed E-state index contributed by atoms with van der Waals surface area (Å²) in [4.78, 5) is 12.0. The van der Waals surface area contributed by atoms with Crippen molar-refractivity contribution in [3.05, 3.63) is 65.7 Å². The number of hydrogen-bond acceptors (Lipinski definition) is 3. The fourth-order valence-electron chi connectivity index (χ4n) is 2.56. The Bertz CT molecular complexity index is 634. The molecule has 2 unspecified atom stereocenters. The lowest BCUT2D eigenvalue weighted by atomic mass is 10.0. The summed E-state index contributed by atoms with van der Waals surface area (Å²) in [6, 6.07) is 17.0. The molecular weight excluding hydrogens is 324 g/mol. The second-order valence-corrected chi connectivity index (χ2v) is 5.83. The Morgan fingerprint density at radius 1 is 1.12 bits per heavy atom. The van der Waals surface area contributed by atoms with E-state index in [1.807, 2.05) is 61.5 Å². The van der Waals surface area contributed by atoms with Gasteiger partial charge in [-0.15, -0.1) is 12.4 Å². The predicted molar refractivity (Wildman–Crippen MR) is 100 cm³/mol. The van der Waals surface area contributed by atoms with Crippen LogP contribution in [0.2, 0.25) is 0 Å². The fourth-order valence-corrected chi connectivity index (χ4v) is 2.56. The molecule has 1 amide bonds. The number of amides is 1. The van der Waals surface area contributed by atoms with Gasteiger partial charge in [0.2, 0.25) is 5.91 Å². The van der Waals surface area contributed by atoms with Crippen LogP contribution in [0, 0.1) is 0 Å². The fraction of sp³-hybridized carbons (Fsp3) is 0.316. The first kappa shape index (κ1) is 20.0. The van der Waals surface area contributed by atoms with Crippen LogP contribution >= 0.6 is 12.4 Å². The molecule has 0 aromatic heterocycles. The van der Waals surface area contributed by atoms with E-state index in [1.54, 1.807) is 0 Å². The molecule has 0 heterocycles. The zero-order chi connectivity index (χ0) is 16.7. The van der Waals surface area contributed by atoms with Crippen molar-refractivity contribution in [2.45, 2.75) is 38.3 Å². The van der Waals surface area contributed by atoms with Gasteiger partial charge < -0.3 is 16.2 Å². The van der Waals surface area contributed by atoms with E-state index in [-0.39, 0.29) is 24.4 Å². The van der Waals surface area contributed by atoms with E-state index < -0.39 is 6.10 Å². The molecule has 130 valence electrons. The quantitative estimate of drug-likeness (QED) is 0.672. The highest BCUT2D eigenvalue weighted by Gasteiger charge is 2.14. The van der Waals surface area contributed by atoms with Gasteiger partial charge in [-0.1, -0.05) is 48.5 Å². The zero-order valence-electron chi connectivity index (χ0n) is 13.8. The van der Waals surface area contributed by atoms with Gasteiger partial charge in [-0.25, -0.2) is 0 Å². The van der Waals surface area contributed by atoms with Crippen LogP contribution < -0.4 is 11.1 Å². The second kappa shape index (κ2) is 9.96. The molecule has 2 aromatic carbocycles. The molecule has 2 atom stereocenters. The maximum atomic E-state index is 12.0. The minimum atomic E-state index is -0.573. The maximum absolute atomic E-state index is 12.0. The van der Waals surface area contributed by atoms with Gasteiger partial charge in [-0.2, -0.15) is 0 Å². The molecule has 0 saturated heterocycles. The summed E-state index contributed by atoms with van der Waals surface area (Å²) in [5.74, 6) is -0.0268. The second-order valence-electron chi connectivity index (χ2n) is 5.83. The SMILES string of the molecule is CC(CC(O)c1ccccc1)NC(=O)CCc1ccccc1N.Cl. The largest absolute Gasteiger partial charge is 0.399 e. The van der Waals surface area contributed by atoms with Crippen LogP contribution in [-0.4, -0.2) is 17.1 Å². The van der Waals surface area contributed by atoms with Crippen LogP contribution in [0.4, 0.5) is 5.69 Å². The number of para-hydroxylation sites is 1. The lowest BCUT2D eigenvalue weighted by Crippen LogP contribution is -2.33. The monoisotopic (exact) mass is 348 g/mol. The zero-order valence-corrected chi connectivity index (χ0v) is 14.6. The summed E-state index contributed by atoms with van der Waals surface area (Å²) < 4.78 is 0. The number of anilines is 1. The average Bonchev–Trinajstić information content (AvgIpc) is 2.54. The molecule has 0 saturated carbocycles. The molecule has 0 aliphatic rings. The summed E-state index contributed by atoms with van der Waals surface area (Å²) in [5, 5.41) is 13.1. The van der Waals surface area contributed by atoms with Crippen molar-refractivity contribution in [3.63, 3.8) is 0 Å². The van der Waals surface area contributed by atoms with E-state index in [1.165, 1.54) is 0 Å². The van der Waals surface area contributed by atoms with Crippen molar-refractivity contribution in [2.75, 3.05) is 5.73 Å². The lowest BCUT2D eigenvalue weighted by Gasteiger charge is -2.18. The van der Waals surface area contributed by atoms with E-state index in [9.17, 15) is 9.90 Å². The molecular formula is C19H25ClN2O2. The molecule has 0 aliphatic carbocycles. The van der Waals surface area contributed by atoms with Crippen LogP contribution in [0.1, 0.15) is 37.0 Å². The number of halogens is 1. The molecule has 24 heavy (non-hydrogen) atoms. The standard InChI is InChI=1S/C19H24N2O2.ClH/c1-14(13-18(22)16-8-3-2-4-9-16)21-19(23)12-11-15-7-5-6-10-17(15)20;/h2-10,14,18,22H,11-13,20H2,1H3,(H,21,23);1H. The van der Waals surface area contributed by atoms with Crippen molar-refractivity contribution in [2.24, 2.45) is 0 Å². The summed E-state index contributed by atoms with van der Waals surface area (Å²) in [5.41, 5.74) is 8.44. The summed E-state index contributed by atoms with van der Waals surface area (Å²) in [6.45, 7) is 1.90.